The molecular weight excluding hydrogens is 284 g/mol. The predicted molar refractivity (Wildman–Crippen MR) is 85.9 cm³/mol. The van der Waals surface area contributed by atoms with E-state index in [2.05, 4.69) is 10.3 Å². The van der Waals surface area contributed by atoms with E-state index in [0.29, 0.717) is 10.7 Å². The number of nitrogens with one attached hydrogen (secondary N) is 1. The minimum Gasteiger partial charge on any atom is -0.322 e. The molecule has 0 saturated heterocycles. The summed E-state index contributed by atoms with van der Waals surface area (Å²) in [4.78, 5) is 16.5. The quantitative estimate of drug-likeness (QED) is 0.710. The Morgan fingerprint density at radius 3 is 2.76 bits per heavy atom. The third kappa shape index (κ3) is 3.03. The molecule has 21 heavy (non-hydrogen) atoms. The van der Waals surface area contributed by atoms with Crippen LogP contribution in [0.5, 0.6) is 0 Å². The Hall–Kier alpha value is -2.39. The summed E-state index contributed by atoms with van der Waals surface area (Å²) < 4.78 is 0. The molecule has 0 saturated carbocycles. The van der Waals surface area contributed by atoms with Gasteiger partial charge in [-0.15, -0.1) is 0 Å². The van der Waals surface area contributed by atoms with Gasteiger partial charge in [-0.25, -0.2) is 4.98 Å². The number of benzene rings is 2. The number of rotatable bonds is 2. The molecule has 0 spiro atoms. The molecule has 0 radical (unpaired) electrons. The van der Waals surface area contributed by atoms with E-state index in [-0.39, 0.29) is 5.91 Å². The maximum atomic E-state index is 12.3. The number of pyridine rings is 1. The molecule has 104 valence electrons. The molecule has 1 aromatic heterocycles. The lowest BCUT2D eigenvalue weighted by Crippen LogP contribution is -2.11. The van der Waals surface area contributed by atoms with E-state index < -0.39 is 0 Å². The molecule has 2 aromatic carbocycles. The fraction of sp³-hybridized carbons (Fsp3) is 0.0588. The Morgan fingerprint density at radius 2 is 1.95 bits per heavy atom. The minimum atomic E-state index is -0.141. The SMILES string of the molecule is Cc1cccc(NC(=O)c2ccc3nc(Cl)ccc3c2)c1. The standard InChI is InChI=1S/C17H13ClN2O/c1-11-3-2-4-14(9-11)19-17(21)13-5-7-15-12(10-13)6-8-16(18)20-15/h2-10H,1H3,(H,19,21). The third-order valence-corrected chi connectivity index (χ3v) is 3.40. The van der Waals surface area contributed by atoms with Crippen molar-refractivity contribution in [2.45, 2.75) is 6.92 Å². The van der Waals surface area contributed by atoms with Gasteiger partial charge in [-0.3, -0.25) is 4.79 Å². The molecule has 1 N–H and O–H groups in total. The molecule has 3 nitrogen and oxygen atoms in total. The largest absolute Gasteiger partial charge is 0.322 e. The maximum absolute atomic E-state index is 12.3. The van der Waals surface area contributed by atoms with Crippen LogP contribution >= 0.6 is 11.6 Å². The van der Waals surface area contributed by atoms with Crippen LogP contribution in [0.2, 0.25) is 5.15 Å². The predicted octanol–water partition coefficient (Wildman–Crippen LogP) is 4.45. The second kappa shape index (κ2) is 5.54. The number of hydrogen-bond acceptors (Lipinski definition) is 2. The topological polar surface area (TPSA) is 42.0 Å². The zero-order valence-electron chi connectivity index (χ0n) is 11.4. The second-order valence-corrected chi connectivity index (χ2v) is 5.25. The molecule has 0 bridgehead atoms. The molecular formula is C17H13ClN2O. The Morgan fingerprint density at radius 1 is 1.10 bits per heavy atom. The van der Waals surface area contributed by atoms with Gasteiger partial charge in [0.1, 0.15) is 5.15 Å². The summed E-state index contributed by atoms with van der Waals surface area (Å²) in [7, 11) is 0. The summed E-state index contributed by atoms with van der Waals surface area (Å²) >= 11 is 5.85. The number of nitrogens with zero attached hydrogens (tertiary/aromatic N) is 1. The van der Waals surface area contributed by atoms with Crippen molar-refractivity contribution in [3.63, 3.8) is 0 Å². The zero-order valence-corrected chi connectivity index (χ0v) is 12.2. The molecule has 3 rings (SSSR count). The Bertz CT molecular complexity index is 830. The Balaban J connectivity index is 1.89. The van der Waals surface area contributed by atoms with Crippen LogP contribution < -0.4 is 5.32 Å². The monoisotopic (exact) mass is 296 g/mol. The molecule has 3 aromatic rings. The van der Waals surface area contributed by atoms with Crippen LogP contribution in [0.1, 0.15) is 15.9 Å². The van der Waals surface area contributed by atoms with Gasteiger partial charge in [0.05, 0.1) is 5.52 Å². The number of halogens is 1. The van der Waals surface area contributed by atoms with Crippen molar-refractivity contribution in [2.24, 2.45) is 0 Å². The van der Waals surface area contributed by atoms with E-state index in [1.807, 2.05) is 43.3 Å². The van der Waals surface area contributed by atoms with Crippen molar-refractivity contribution in [3.8, 4) is 0 Å². The second-order valence-electron chi connectivity index (χ2n) is 4.87. The van der Waals surface area contributed by atoms with E-state index in [1.54, 1.807) is 18.2 Å². The highest BCUT2D eigenvalue weighted by molar-refractivity contribution is 6.29. The van der Waals surface area contributed by atoms with Crippen molar-refractivity contribution in [3.05, 3.63) is 70.9 Å². The van der Waals surface area contributed by atoms with Crippen LogP contribution in [-0.2, 0) is 0 Å². The summed E-state index contributed by atoms with van der Waals surface area (Å²) in [5.41, 5.74) is 3.25. The number of hydrogen-bond donors (Lipinski definition) is 1. The van der Waals surface area contributed by atoms with Gasteiger partial charge in [-0.2, -0.15) is 0 Å². The molecule has 0 atom stereocenters. The normalized spacial score (nSPS) is 10.6. The average molecular weight is 297 g/mol. The first kappa shape index (κ1) is 13.6. The Kier molecular flexibility index (Phi) is 3.59. The lowest BCUT2D eigenvalue weighted by atomic mass is 10.1. The first-order valence-electron chi connectivity index (χ1n) is 6.56. The summed E-state index contributed by atoms with van der Waals surface area (Å²) in [5, 5.41) is 4.22. The van der Waals surface area contributed by atoms with Crippen molar-refractivity contribution in [1.82, 2.24) is 4.98 Å². The zero-order chi connectivity index (χ0) is 14.8. The van der Waals surface area contributed by atoms with E-state index in [1.165, 1.54) is 0 Å². The van der Waals surface area contributed by atoms with Gasteiger partial charge in [-0.1, -0.05) is 23.7 Å². The summed E-state index contributed by atoms with van der Waals surface area (Å²) in [6, 6.07) is 16.6. The van der Waals surface area contributed by atoms with Gasteiger partial charge >= 0.3 is 0 Å². The molecule has 1 amide bonds. The summed E-state index contributed by atoms with van der Waals surface area (Å²) in [5.74, 6) is -0.141. The minimum absolute atomic E-state index is 0.141. The fourth-order valence-electron chi connectivity index (χ4n) is 2.17. The molecule has 1 heterocycles. The van der Waals surface area contributed by atoms with Gasteiger partial charge in [-0.05, 0) is 55.0 Å². The highest BCUT2D eigenvalue weighted by Gasteiger charge is 2.07. The number of anilines is 1. The molecule has 0 unspecified atom stereocenters. The fourth-order valence-corrected chi connectivity index (χ4v) is 2.32. The number of carbonyl (C=O) groups is 1. The van der Waals surface area contributed by atoms with Gasteiger partial charge in [0, 0.05) is 16.6 Å². The molecule has 0 aliphatic carbocycles. The number of aryl methyl sites for hydroxylation is 1. The molecule has 0 fully saturated rings. The van der Waals surface area contributed by atoms with E-state index >= 15 is 0 Å². The first-order chi connectivity index (χ1) is 10.1. The average Bonchev–Trinajstić information content (AvgIpc) is 2.46. The Labute approximate surface area is 127 Å². The van der Waals surface area contributed by atoms with Crippen LogP contribution in [0.4, 0.5) is 5.69 Å². The van der Waals surface area contributed by atoms with E-state index in [0.717, 1.165) is 22.2 Å². The van der Waals surface area contributed by atoms with Gasteiger partial charge in [0.2, 0.25) is 0 Å². The van der Waals surface area contributed by atoms with Gasteiger partial charge < -0.3 is 5.32 Å². The number of fused-ring (bicyclic) bond motifs is 1. The highest BCUT2D eigenvalue weighted by atomic mass is 35.5. The molecule has 0 aliphatic rings. The number of carbonyl (C=O) groups excluding carboxylic acids is 1. The van der Waals surface area contributed by atoms with Crippen LogP contribution in [-0.4, -0.2) is 10.9 Å². The van der Waals surface area contributed by atoms with Gasteiger partial charge in [0.25, 0.3) is 5.91 Å². The molecule has 4 heteroatoms. The number of amides is 1. The van der Waals surface area contributed by atoms with Crippen molar-refractivity contribution < 1.29 is 4.79 Å². The van der Waals surface area contributed by atoms with E-state index in [4.69, 9.17) is 11.6 Å². The van der Waals surface area contributed by atoms with E-state index in [9.17, 15) is 4.79 Å². The van der Waals surface area contributed by atoms with Gasteiger partial charge in [0.15, 0.2) is 0 Å². The lowest BCUT2D eigenvalue weighted by Gasteiger charge is -2.07. The van der Waals surface area contributed by atoms with Crippen LogP contribution in [0.3, 0.4) is 0 Å². The van der Waals surface area contributed by atoms with Crippen molar-refractivity contribution in [1.29, 1.82) is 0 Å². The lowest BCUT2D eigenvalue weighted by molar-refractivity contribution is 0.102. The van der Waals surface area contributed by atoms with Crippen LogP contribution in [0, 0.1) is 6.92 Å². The number of aromatic nitrogens is 1. The first-order valence-corrected chi connectivity index (χ1v) is 6.94. The third-order valence-electron chi connectivity index (χ3n) is 3.19. The smallest absolute Gasteiger partial charge is 0.255 e. The van der Waals surface area contributed by atoms with Crippen molar-refractivity contribution >= 4 is 34.1 Å². The highest BCUT2D eigenvalue weighted by Crippen LogP contribution is 2.18. The molecule has 0 aliphatic heterocycles. The summed E-state index contributed by atoms with van der Waals surface area (Å²) in [6.45, 7) is 1.99. The van der Waals surface area contributed by atoms with Crippen molar-refractivity contribution in [2.75, 3.05) is 5.32 Å². The van der Waals surface area contributed by atoms with Crippen LogP contribution in [0.15, 0.2) is 54.6 Å². The summed E-state index contributed by atoms with van der Waals surface area (Å²) in [6.07, 6.45) is 0. The van der Waals surface area contributed by atoms with Crippen LogP contribution in [0.25, 0.3) is 10.9 Å². The maximum Gasteiger partial charge on any atom is 0.255 e.